The van der Waals surface area contributed by atoms with Crippen molar-refractivity contribution in [3.05, 3.63) is 24.5 Å². The molecule has 0 aliphatic rings. The van der Waals surface area contributed by atoms with Gasteiger partial charge in [-0.2, -0.15) is 0 Å². The molecule has 0 atom stereocenters. The van der Waals surface area contributed by atoms with Crippen molar-refractivity contribution >= 4 is 22.1 Å². The summed E-state index contributed by atoms with van der Waals surface area (Å²) in [5.74, 6) is 0. The molecule has 2 aromatic heterocycles. The van der Waals surface area contributed by atoms with Crippen LogP contribution < -0.4 is 0 Å². The molecule has 0 unspecified atom stereocenters. The van der Waals surface area contributed by atoms with Gasteiger partial charge in [0.2, 0.25) is 0 Å². The maximum Gasteiger partial charge on any atom is 0.137 e. The second-order valence-electron chi connectivity index (χ2n) is 2.65. The number of hydrogen-bond acceptors (Lipinski definition) is 5. The average molecular weight is 172 g/mol. The lowest BCUT2D eigenvalue weighted by atomic mass is 10.2. The Morgan fingerprint density at radius 1 is 0.769 bits per heavy atom. The average Bonchev–Trinajstić information content (AvgIpc) is 2.61. The summed E-state index contributed by atoms with van der Waals surface area (Å²) in [6.07, 6.45) is 3.28. The summed E-state index contributed by atoms with van der Waals surface area (Å²) in [4.78, 5) is 8.28. The summed E-state index contributed by atoms with van der Waals surface area (Å²) < 4.78 is 4.58. The molecule has 0 saturated carbocycles. The van der Waals surface area contributed by atoms with Gasteiger partial charge in [-0.15, -0.1) is 0 Å². The van der Waals surface area contributed by atoms with Crippen molar-refractivity contribution in [3.63, 3.8) is 0 Å². The number of nitrogens with zero attached hydrogens (tertiary/aromatic N) is 4. The van der Waals surface area contributed by atoms with Crippen LogP contribution in [0.25, 0.3) is 22.1 Å². The van der Waals surface area contributed by atoms with Crippen LogP contribution >= 0.6 is 0 Å². The Labute approximate surface area is 72.4 Å². The Bertz CT molecular complexity index is 525. The van der Waals surface area contributed by atoms with Crippen LogP contribution in [0.4, 0.5) is 0 Å². The Kier molecular flexibility index (Phi) is 1.11. The zero-order valence-corrected chi connectivity index (χ0v) is 6.51. The lowest BCUT2D eigenvalue weighted by Crippen LogP contribution is -1.81. The zero-order chi connectivity index (χ0) is 8.67. The highest BCUT2D eigenvalue weighted by molar-refractivity contribution is 5.89. The summed E-state index contributed by atoms with van der Waals surface area (Å²) in [7, 11) is 0. The van der Waals surface area contributed by atoms with Crippen LogP contribution in [-0.2, 0) is 0 Å². The van der Waals surface area contributed by atoms with Gasteiger partial charge in [-0.3, -0.25) is 9.97 Å². The van der Waals surface area contributed by atoms with E-state index >= 15 is 0 Å². The number of aromatic nitrogens is 4. The zero-order valence-electron chi connectivity index (χ0n) is 6.51. The fourth-order valence-corrected chi connectivity index (χ4v) is 1.24. The molecule has 0 aliphatic carbocycles. The van der Waals surface area contributed by atoms with Crippen molar-refractivity contribution in [2.45, 2.75) is 0 Å². The van der Waals surface area contributed by atoms with Gasteiger partial charge in [0, 0.05) is 12.4 Å². The predicted molar refractivity (Wildman–Crippen MR) is 44.9 cm³/mol. The molecule has 2 heterocycles. The first-order valence-corrected chi connectivity index (χ1v) is 3.76. The van der Waals surface area contributed by atoms with Crippen molar-refractivity contribution in [2.75, 3.05) is 0 Å². The third kappa shape index (κ3) is 0.868. The summed E-state index contributed by atoms with van der Waals surface area (Å²) in [6.45, 7) is 0. The minimum Gasteiger partial charge on any atom is -0.253 e. The van der Waals surface area contributed by atoms with E-state index in [0.717, 1.165) is 11.0 Å². The third-order valence-electron chi connectivity index (χ3n) is 1.84. The van der Waals surface area contributed by atoms with Crippen molar-refractivity contribution < 1.29 is 4.63 Å². The number of benzene rings is 1. The molecule has 3 aromatic rings. The van der Waals surface area contributed by atoms with Gasteiger partial charge in [-0.25, -0.2) is 4.63 Å². The van der Waals surface area contributed by atoms with Gasteiger partial charge in [0.1, 0.15) is 11.0 Å². The highest BCUT2D eigenvalue weighted by Gasteiger charge is 2.03. The Morgan fingerprint density at radius 2 is 1.31 bits per heavy atom. The largest absolute Gasteiger partial charge is 0.253 e. The van der Waals surface area contributed by atoms with Gasteiger partial charge in [-0.1, -0.05) is 0 Å². The van der Waals surface area contributed by atoms with E-state index in [9.17, 15) is 0 Å². The molecule has 62 valence electrons. The SMILES string of the molecule is c1cnc2cc3nonc3cc2n1. The Balaban J connectivity index is 2.57. The first-order chi connectivity index (χ1) is 6.43. The highest BCUT2D eigenvalue weighted by Crippen LogP contribution is 2.15. The molecule has 5 heteroatoms. The van der Waals surface area contributed by atoms with Crippen molar-refractivity contribution in [2.24, 2.45) is 0 Å². The summed E-state index contributed by atoms with van der Waals surface area (Å²) in [6, 6.07) is 3.60. The second kappa shape index (κ2) is 2.22. The van der Waals surface area contributed by atoms with Crippen molar-refractivity contribution in [1.29, 1.82) is 0 Å². The fraction of sp³-hybridized carbons (Fsp3) is 0. The first kappa shape index (κ1) is 6.47. The second-order valence-corrected chi connectivity index (χ2v) is 2.65. The van der Waals surface area contributed by atoms with Crippen LogP contribution in [-0.4, -0.2) is 20.3 Å². The van der Waals surface area contributed by atoms with E-state index in [4.69, 9.17) is 0 Å². The minimum absolute atomic E-state index is 0.702. The van der Waals surface area contributed by atoms with Gasteiger partial charge < -0.3 is 0 Å². The lowest BCUT2D eigenvalue weighted by molar-refractivity contribution is 0.315. The van der Waals surface area contributed by atoms with Crippen LogP contribution in [0.3, 0.4) is 0 Å². The van der Waals surface area contributed by atoms with Crippen LogP contribution in [0.5, 0.6) is 0 Å². The maximum absolute atomic E-state index is 4.58. The molecule has 5 nitrogen and oxygen atoms in total. The fourth-order valence-electron chi connectivity index (χ4n) is 1.24. The van der Waals surface area contributed by atoms with Gasteiger partial charge in [0.05, 0.1) is 11.0 Å². The highest BCUT2D eigenvalue weighted by atomic mass is 16.6. The molecular weight excluding hydrogens is 168 g/mol. The molecule has 0 amide bonds. The van der Waals surface area contributed by atoms with Crippen molar-refractivity contribution in [3.8, 4) is 0 Å². The van der Waals surface area contributed by atoms with E-state index in [1.165, 1.54) is 0 Å². The number of hydrogen-bond donors (Lipinski definition) is 0. The molecule has 0 saturated heterocycles. The first-order valence-electron chi connectivity index (χ1n) is 3.76. The van der Waals surface area contributed by atoms with Gasteiger partial charge >= 0.3 is 0 Å². The molecule has 3 rings (SSSR count). The Hall–Kier alpha value is -2.04. The Morgan fingerprint density at radius 3 is 1.85 bits per heavy atom. The van der Waals surface area contributed by atoms with Crippen LogP contribution in [0.2, 0.25) is 0 Å². The normalized spacial score (nSPS) is 11.1. The van der Waals surface area contributed by atoms with E-state index in [-0.39, 0.29) is 0 Å². The lowest BCUT2D eigenvalue weighted by Gasteiger charge is -1.92. The van der Waals surface area contributed by atoms with Crippen LogP contribution in [0.15, 0.2) is 29.2 Å². The smallest absolute Gasteiger partial charge is 0.137 e. The van der Waals surface area contributed by atoms with E-state index < -0.39 is 0 Å². The molecular formula is C8H4N4O. The molecule has 0 radical (unpaired) electrons. The quantitative estimate of drug-likeness (QED) is 0.509. The van der Waals surface area contributed by atoms with Gasteiger partial charge in [0.15, 0.2) is 0 Å². The third-order valence-corrected chi connectivity index (χ3v) is 1.84. The maximum atomic E-state index is 4.58. The van der Waals surface area contributed by atoms with Gasteiger partial charge in [0.25, 0.3) is 0 Å². The van der Waals surface area contributed by atoms with Crippen LogP contribution in [0.1, 0.15) is 0 Å². The number of fused-ring (bicyclic) bond motifs is 2. The van der Waals surface area contributed by atoms with E-state index in [2.05, 4.69) is 24.9 Å². The molecule has 0 aliphatic heterocycles. The number of rotatable bonds is 0. The topological polar surface area (TPSA) is 64.7 Å². The molecule has 1 aromatic carbocycles. The molecule has 13 heavy (non-hydrogen) atoms. The standard InChI is InChI=1S/C8H4N4O/c1-2-10-6-4-8-7(11-13-12-8)3-5(6)9-1/h1-4H. The summed E-state index contributed by atoms with van der Waals surface area (Å²) in [5, 5.41) is 7.43. The molecule has 0 bridgehead atoms. The van der Waals surface area contributed by atoms with E-state index in [0.29, 0.717) is 11.0 Å². The molecule has 0 N–H and O–H groups in total. The van der Waals surface area contributed by atoms with Crippen molar-refractivity contribution in [1.82, 2.24) is 20.3 Å². The predicted octanol–water partition coefficient (Wildman–Crippen LogP) is 1.17. The van der Waals surface area contributed by atoms with Crippen LogP contribution in [0, 0.1) is 0 Å². The van der Waals surface area contributed by atoms with E-state index in [1.807, 2.05) is 0 Å². The minimum atomic E-state index is 0.702. The summed E-state index contributed by atoms with van der Waals surface area (Å²) in [5.41, 5.74) is 3.00. The summed E-state index contributed by atoms with van der Waals surface area (Å²) >= 11 is 0. The van der Waals surface area contributed by atoms with E-state index in [1.54, 1.807) is 24.5 Å². The molecule has 0 fully saturated rings. The van der Waals surface area contributed by atoms with Gasteiger partial charge in [-0.05, 0) is 22.4 Å². The molecule has 0 spiro atoms. The monoisotopic (exact) mass is 172 g/mol.